The molecule has 2 saturated carbocycles. The highest BCUT2D eigenvalue weighted by Crippen LogP contribution is 2.64. The van der Waals surface area contributed by atoms with Crippen LogP contribution in [0.2, 0.25) is 0 Å². The molecule has 0 amide bonds. The molecule has 0 aromatic rings. The molecule has 5 fully saturated rings. The van der Waals surface area contributed by atoms with E-state index >= 15 is 0 Å². The molecule has 14 heavy (non-hydrogen) atoms. The van der Waals surface area contributed by atoms with Crippen molar-refractivity contribution in [3.05, 3.63) is 0 Å². The van der Waals surface area contributed by atoms with Crippen molar-refractivity contribution in [3.63, 3.8) is 0 Å². The van der Waals surface area contributed by atoms with E-state index in [0.29, 0.717) is 0 Å². The molecule has 6 unspecified atom stereocenters. The van der Waals surface area contributed by atoms with Crippen molar-refractivity contribution in [2.45, 2.75) is 61.7 Å². The summed E-state index contributed by atoms with van der Waals surface area (Å²) in [4.78, 5) is 0. The first-order valence-electron chi connectivity index (χ1n) is 5.54. The lowest BCUT2D eigenvalue weighted by Crippen LogP contribution is -2.38. The third kappa shape index (κ3) is 0.583. The predicted molar refractivity (Wildman–Crippen MR) is 43.4 cm³/mol. The van der Waals surface area contributed by atoms with Crippen molar-refractivity contribution in [1.82, 2.24) is 0 Å². The van der Waals surface area contributed by atoms with Gasteiger partial charge in [-0.1, -0.05) is 0 Å². The lowest BCUT2D eigenvalue weighted by atomic mass is 10.2. The zero-order valence-electron chi connectivity index (χ0n) is 7.77. The Morgan fingerprint density at radius 1 is 1.00 bits per heavy atom. The van der Waals surface area contributed by atoms with Gasteiger partial charge in [0, 0.05) is 6.42 Å². The topological polar surface area (TPSA) is 43.5 Å². The van der Waals surface area contributed by atoms with Crippen molar-refractivity contribution < 1.29 is 18.9 Å². The fourth-order valence-corrected chi connectivity index (χ4v) is 3.54. The molecular weight excluding hydrogens is 184 g/mol. The largest absolute Gasteiger partial charge is 0.366 e. The molecule has 5 rings (SSSR count). The maximum atomic E-state index is 6.08. The first-order chi connectivity index (χ1) is 6.82. The minimum Gasteiger partial charge on any atom is -0.366 e. The highest BCUT2D eigenvalue weighted by Gasteiger charge is 2.80. The number of hydrogen-bond donors (Lipinski definition) is 0. The van der Waals surface area contributed by atoms with Crippen LogP contribution in [0.25, 0.3) is 0 Å². The van der Waals surface area contributed by atoms with Crippen LogP contribution in [0.3, 0.4) is 0 Å². The predicted octanol–water partition coefficient (Wildman–Crippen LogP) is 0.548. The lowest BCUT2D eigenvalue weighted by Gasteiger charge is -2.26. The van der Waals surface area contributed by atoms with Gasteiger partial charge in [-0.15, -0.1) is 0 Å². The molecule has 5 aliphatic rings. The van der Waals surface area contributed by atoms with Crippen molar-refractivity contribution in [2.24, 2.45) is 0 Å². The second-order valence-electron chi connectivity index (χ2n) is 5.06. The fraction of sp³-hybridized carbons (Fsp3) is 1.00. The summed E-state index contributed by atoms with van der Waals surface area (Å²) in [5.41, 5.74) is 0. The molecule has 2 aliphatic carbocycles. The van der Waals surface area contributed by atoms with Gasteiger partial charge in [0.05, 0.1) is 6.10 Å². The quantitative estimate of drug-likeness (QED) is 0.531. The minimum atomic E-state index is -0.399. The Morgan fingerprint density at radius 2 is 1.93 bits per heavy atom. The Morgan fingerprint density at radius 3 is 2.79 bits per heavy atom. The number of rotatable bonds is 0. The van der Waals surface area contributed by atoms with E-state index in [1.165, 1.54) is 0 Å². The molecule has 0 radical (unpaired) electrons. The summed E-state index contributed by atoms with van der Waals surface area (Å²) in [7, 11) is 0. The van der Waals surface area contributed by atoms with Crippen LogP contribution in [-0.2, 0) is 18.9 Å². The van der Waals surface area contributed by atoms with E-state index in [2.05, 4.69) is 0 Å². The van der Waals surface area contributed by atoms with Crippen molar-refractivity contribution >= 4 is 0 Å². The second-order valence-corrected chi connectivity index (χ2v) is 5.06. The Balaban J connectivity index is 1.62. The lowest BCUT2D eigenvalue weighted by molar-refractivity contribution is -0.218. The molecule has 6 atom stereocenters. The summed E-state index contributed by atoms with van der Waals surface area (Å²) in [6.45, 7) is 0. The molecule has 4 heteroatoms. The van der Waals surface area contributed by atoms with Gasteiger partial charge in [-0.05, 0) is 19.3 Å². The number of hydrogen-bond acceptors (Lipinski definition) is 4. The van der Waals surface area contributed by atoms with Gasteiger partial charge >= 0.3 is 0 Å². The monoisotopic (exact) mass is 196 g/mol. The zero-order chi connectivity index (χ0) is 8.97. The summed E-state index contributed by atoms with van der Waals surface area (Å²) in [5.74, 6) is -0.706. The van der Waals surface area contributed by atoms with Gasteiger partial charge in [-0.3, -0.25) is 0 Å². The number of epoxide rings is 2. The van der Waals surface area contributed by atoms with Crippen LogP contribution in [0.15, 0.2) is 0 Å². The van der Waals surface area contributed by atoms with Crippen LogP contribution in [-0.4, -0.2) is 36.0 Å². The van der Waals surface area contributed by atoms with Gasteiger partial charge in [0.1, 0.15) is 18.3 Å². The Labute approximate surface area is 81.4 Å². The van der Waals surface area contributed by atoms with Crippen LogP contribution >= 0.6 is 0 Å². The normalized spacial score (nSPS) is 72.0. The van der Waals surface area contributed by atoms with E-state index in [1.807, 2.05) is 0 Å². The highest BCUT2D eigenvalue weighted by atomic mass is 16.9. The zero-order valence-corrected chi connectivity index (χ0v) is 7.77. The SMILES string of the molecule is C1CC23OC2C1OC1CCC2OC12O3. The third-order valence-electron chi connectivity index (χ3n) is 4.35. The molecule has 3 saturated heterocycles. The van der Waals surface area contributed by atoms with E-state index in [-0.39, 0.29) is 30.2 Å². The molecule has 3 aliphatic heterocycles. The Hall–Kier alpha value is -0.160. The second kappa shape index (κ2) is 1.78. The van der Waals surface area contributed by atoms with Gasteiger partial charge in [0.25, 0.3) is 0 Å². The summed E-state index contributed by atoms with van der Waals surface area (Å²) in [6, 6.07) is 0. The smallest absolute Gasteiger partial charge is 0.225 e. The van der Waals surface area contributed by atoms with Crippen LogP contribution in [0.1, 0.15) is 25.7 Å². The minimum absolute atomic E-state index is 0.172. The first kappa shape index (κ1) is 7.17. The van der Waals surface area contributed by atoms with Gasteiger partial charge in [0.2, 0.25) is 11.6 Å². The van der Waals surface area contributed by atoms with Crippen LogP contribution in [0.4, 0.5) is 0 Å². The Bertz CT molecular complexity index is 332. The van der Waals surface area contributed by atoms with E-state index in [9.17, 15) is 0 Å². The standard InChI is InChI=1S/C10H12O4/c1-2-7-10(12-7)6(1)11-5-3-4-9(14-10)8(5)13-9/h5-8H,1-4H2. The fourth-order valence-electron chi connectivity index (χ4n) is 3.54. The van der Waals surface area contributed by atoms with Crippen molar-refractivity contribution in [3.8, 4) is 0 Å². The van der Waals surface area contributed by atoms with Crippen LogP contribution < -0.4 is 0 Å². The van der Waals surface area contributed by atoms with E-state index in [0.717, 1.165) is 25.7 Å². The van der Waals surface area contributed by atoms with E-state index in [1.54, 1.807) is 0 Å². The van der Waals surface area contributed by atoms with Gasteiger partial charge in [-0.2, -0.15) is 0 Å². The molecule has 2 bridgehead atoms. The molecular formula is C10H12O4. The maximum absolute atomic E-state index is 6.08. The average Bonchev–Trinajstić information content (AvgIpc) is 2.99. The molecule has 0 N–H and O–H groups in total. The Kier molecular flexibility index (Phi) is 0.909. The summed E-state index contributed by atoms with van der Waals surface area (Å²) in [6.07, 6.45) is 5.16. The van der Waals surface area contributed by atoms with Gasteiger partial charge in [-0.25, -0.2) is 0 Å². The summed E-state index contributed by atoms with van der Waals surface area (Å²) < 4.78 is 23.4. The van der Waals surface area contributed by atoms with Crippen LogP contribution in [0, 0.1) is 0 Å². The molecule has 76 valence electrons. The maximum Gasteiger partial charge on any atom is 0.225 e. The van der Waals surface area contributed by atoms with Gasteiger partial charge < -0.3 is 18.9 Å². The summed E-state index contributed by atoms with van der Waals surface area (Å²) >= 11 is 0. The van der Waals surface area contributed by atoms with E-state index in [4.69, 9.17) is 18.9 Å². The molecule has 3 heterocycles. The number of ether oxygens (including phenoxy) is 4. The highest BCUT2D eigenvalue weighted by molar-refractivity contribution is 5.17. The van der Waals surface area contributed by atoms with Crippen molar-refractivity contribution in [1.29, 1.82) is 0 Å². The molecule has 1 spiro atoms. The van der Waals surface area contributed by atoms with Gasteiger partial charge in [0.15, 0.2) is 0 Å². The average molecular weight is 196 g/mol. The summed E-state index contributed by atoms with van der Waals surface area (Å²) in [5, 5.41) is 0. The molecule has 0 aromatic carbocycles. The molecule has 4 nitrogen and oxygen atoms in total. The molecule has 0 aromatic heterocycles. The third-order valence-corrected chi connectivity index (χ3v) is 4.35. The first-order valence-corrected chi connectivity index (χ1v) is 5.54. The van der Waals surface area contributed by atoms with Crippen LogP contribution in [0.5, 0.6) is 0 Å². The van der Waals surface area contributed by atoms with Crippen molar-refractivity contribution in [2.75, 3.05) is 0 Å². The van der Waals surface area contributed by atoms with E-state index < -0.39 is 5.79 Å².